The molecule has 4 aromatic heterocycles. The minimum atomic E-state index is 0.00812. The Morgan fingerprint density at radius 1 is 0.566 bits per heavy atom. The maximum absolute atomic E-state index is 6.70. The van der Waals surface area contributed by atoms with Crippen LogP contribution in [0, 0.1) is 27.7 Å². The minimum absolute atomic E-state index is 0.00812. The summed E-state index contributed by atoms with van der Waals surface area (Å²) < 4.78 is 19.1. The first-order valence-corrected chi connectivity index (χ1v) is 18.1. The van der Waals surface area contributed by atoms with Crippen LogP contribution in [-0.2, 0) is 9.47 Å². The largest absolute Gasteiger partial charge is 0.489 e. The van der Waals surface area contributed by atoms with Crippen LogP contribution in [0.15, 0.2) is 106 Å². The second kappa shape index (κ2) is 13.4. The summed E-state index contributed by atoms with van der Waals surface area (Å²) in [6, 6.07) is 20.5. The van der Waals surface area contributed by atoms with Crippen LogP contribution in [-0.4, -0.2) is 43.6 Å². The number of nitrogens with zero attached hydrogens (tertiary/aromatic N) is 2. The normalized spacial score (nSPS) is 16.0. The highest BCUT2D eigenvalue weighted by atomic mass is 16.5. The van der Waals surface area contributed by atoms with Gasteiger partial charge in [0.25, 0.3) is 0 Å². The number of aromatic amines is 4. The van der Waals surface area contributed by atoms with Gasteiger partial charge in [-0.05, 0) is 127 Å². The van der Waals surface area contributed by atoms with Crippen molar-refractivity contribution in [3.8, 4) is 11.5 Å². The number of allylic oxidation sites excluding steroid dienone is 2. The van der Waals surface area contributed by atoms with Gasteiger partial charge in [0.15, 0.2) is 0 Å². The zero-order valence-electron chi connectivity index (χ0n) is 31.4. The topological polar surface area (TPSA) is 116 Å². The summed E-state index contributed by atoms with van der Waals surface area (Å²) in [5, 5.41) is 1.91. The number of nitrogens with one attached hydrogen (secondary N) is 4. The van der Waals surface area contributed by atoms with Crippen molar-refractivity contribution < 1.29 is 14.2 Å². The highest BCUT2D eigenvalue weighted by molar-refractivity contribution is 6.14. The number of aryl methyl sites for hydroxylation is 4. The summed E-state index contributed by atoms with van der Waals surface area (Å²) in [6.45, 7) is 16.4. The first-order valence-electron chi connectivity index (χ1n) is 18.1. The molecule has 0 radical (unpaired) electrons. The molecule has 8 rings (SSSR count). The molecule has 0 bridgehead atoms. The number of benzene rings is 2. The molecular formula is C44H44N6O3. The van der Waals surface area contributed by atoms with Crippen LogP contribution in [0.25, 0.3) is 34.0 Å². The van der Waals surface area contributed by atoms with E-state index < -0.39 is 0 Å². The molecule has 6 aromatic rings. The Kier molecular flexibility index (Phi) is 8.57. The van der Waals surface area contributed by atoms with Crippen LogP contribution in [0.2, 0.25) is 0 Å². The number of aromatic nitrogens is 4. The number of ether oxygens (including phenoxy) is 3. The summed E-state index contributed by atoms with van der Waals surface area (Å²) in [4.78, 5) is 24.0. The Labute approximate surface area is 308 Å². The van der Waals surface area contributed by atoms with Crippen molar-refractivity contribution in [2.45, 2.75) is 67.6 Å². The first-order chi connectivity index (χ1) is 25.5. The molecule has 4 N–H and O–H groups in total. The molecule has 268 valence electrons. The van der Waals surface area contributed by atoms with Crippen molar-refractivity contribution in [2.75, 3.05) is 0 Å². The van der Waals surface area contributed by atoms with E-state index in [0.717, 1.165) is 113 Å². The summed E-state index contributed by atoms with van der Waals surface area (Å²) in [5.41, 5.74) is 13.4. The van der Waals surface area contributed by atoms with Gasteiger partial charge in [0.1, 0.15) is 34.4 Å². The van der Waals surface area contributed by atoms with Crippen molar-refractivity contribution in [1.29, 1.82) is 0 Å². The fraction of sp³-hybridized carbons (Fsp3) is 0.227. The highest BCUT2D eigenvalue weighted by Crippen LogP contribution is 2.37. The number of H-pyrrole nitrogens is 4. The quantitative estimate of drug-likeness (QED) is 0.114. The fourth-order valence-electron chi connectivity index (χ4n) is 6.91. The molecule has 0 saturated carbocycles. The Balaban J connectivity index is 1.12. The molecule has 0 spiro atoms. The minimum Gasteiger partial charge on any atom is -0.489 e. The molecule has 0 unspecified atom stereocenters. The Hall–Kier alpha value is -6.22. The molecule has 0 aliphatic carbocycles. The van der Waals surface area contributed by atoms with E-state index in [9.17, 15) is 0 Å². The number of fused-ring (bicyclic) bond motifs is 2. The van der Waals surface area contributed by atoms with Gasteiger partial charge in [-0.1, -0.05) is 12.1 Å². The Morgan fingerprint density at radius 2 is 1.00 bits per heavy atom. The highest BCUT2D eigenvalue weighted by Gasteiger charge is 2.23. The van der Waals surface area contributed by atoms with Crippen LogP contribution in [0.4, 0.5) is 0 Å². The van der Waals surface area contributed by atoms with Crippen molar-refractivity contribution in [1.82, 2.24) is 19.9 Å². The van der Waals surface area contributed by atoms with E-state index >= 15 is 0 Å². The monoisotopic (exact) mass is 704 g/mol. The lowest BCUT2D eigenvalue weighted by atomic mass is 10.2. The van der Waals surface area contributed by atoms with E-state index in [2.05, 4.69) is 96.2 Å². The predicted octanol–water partition coefficient (Wildman–Crippen LogP) is 10.6. The van der Waals surface area contributed by atoms with Crippen LogP contribution >= 0.6 is 0 Å². The second-order valence-electron chi connectivity index (χ2n) is 14.4. The average molecular weight is 705 g/mol. The van der Waals surface area contributed by atoms with Crippen molar-refractivity contribution in [3.05, 3.63) is 141 Å². The van der Waals surface area contributed by atoms with Gasteiger partial charge >= 0.3 is 0 Å². The lowest BCUT2D eigenvalue weighted by Gasteiger charge is -2.11. The average Bonchev–Trinajstić information content (AvgIpc) is 3.94. The number of hydrogen-bond donors (Lipinski definition) is 4. The van der Waals surface area contributed by atoms with Crippen LogP contribution in [0.3, 0.4) is 0 Å². The molecule has 9 heteroatoms. The smallest absolute Gasteiger partial charge is 0.147 e. The summed E-state index contributed by atoms with van der Waals surface area (Å²) in [7, 11) is 0. The van der Waals surface area contributed by atoms with Crippen molar-refractivity contribution in [3.63, 3.8) is 0 Å². The maximum atomic E-state index is 6.70. The third kappa shape index (κ3) is 6.78. The van der Waals surface area contributed by atoms with Gasteiger partial charge in [-0.2, -0.15) is 0 Å². The van der Waals surface area contributed by atoms with Crippen LogP contribution in [0.1, 0.15) is 73.0 Å². The number of aliphatic imine (C=N–C) groups is 2. The standard InChI is InChI=1S/C44H44N6O3/c1-23(2)51-43-21-37(49-39(43)19-33-25(5)15-27(7)45-33)35-17-29-31(47-35)11-9-13-41(29)53-42-14-10-12-32-30(42)18-36(48-32)38-22-44(52-24(3)4)40(50-38)20-34-26(6)16-28(8)46-34/h9-24,45-48H,1-8H3. The third-order valence-corrected chi connectivity index (χ3v) is 9.21. The zero-order valence-corrected chi connectivity index (χ0v) is 31.4. The van der Waals surface area contributed by atoms with Gasteiger partial charge in [-0.25, -0.2) is 9.98 Å². The molecule has 53 heavy (non-hydrogen) atoms. The molecule has 2 aliphatic heterocycles. The van der Waals surface area contributed by atoms with E-state index in [-0.39, 0.29) is 12.2 Å². The summed E-state index contributed by atoms with van der Waals surface area (Å²) in [5.74, 6) is 2.96. The van der Waals surface area contributed by atoms with E-state index in [4.69, 9.17) is 24.2 Å². The molecule has 0 amide bonds. The predicted molar refractivity (Wildman–Crippen MR) is 215 cm³/mol. The molecular weight excluding hydrogens is 661 g/mol. The lowest BCUT2D eigenvalue weighted by Crippen LogP contribution is -2.02. The Bertz CT molecular complexity index is 2410. The van der Waals surface area contributed by atoms with Crippen molar-refractivity contribution in [2.24, 2.45) is 9.98 Å². The van der Waals surface area contributed by atoms with E-state index in [0.29, 0.717) is 0 Å². The number of hydrogen-bond acceptors (Lipinski definition) is 5. The molecule has 0 atom stereocenters. The summed E-state index contributed by atoms with van der Waals surface area (Å²) >= 11 is 0. The van der Waals surface area contributed by atoms with Gasteiger partial charge in [0, 0.05) is 56.7 Å². The molecule has 0 fully saturated rings. The first kappa shape index (κ1) is 33.9. The summed E-state index contributed by atoms with van der Waals surface area (Å²) in [6.07, 6.45) is 8.13. The van der Waals surface area contributed by atoms with Gasteiger partial charge in [-0.15, -0.1) is 0 Å². The second-order valence-corrected chi connectivity index (χ2v) is 14.4. The molecule has 6 heterocycles. The molecule has 0 saturated heterocycles. The molecule has 2 aliphatic rings. The molecule has 9 nitrogen and oxygen atoms in total. The van der Waals surface area contributed by atoms with Crippen LogP contribution in [0.5, 0.6) is 11.5 Å². The van der Waals surface area contributed by atoms with Crippen LogP contribution < -0.4 is 4.74 Å². The Morgan fingerprint density at radius 3 is 1.38 bits per heavy atom. The van der Waals surface area contributed by atoms with Gasteiger partial charge < -0.3 is 34.1 Å². The van der Waals surface area contributed by atoms with Gasteiger partial charge in [0.2, 0.25) is 0 Å². The third-order valence-electron chi connectivity index (χ3n) is 9.21. The van der Waals surface area contributed by atoms with Gasteiger partial charge in [0.05, 0.1) is 35.0 Å². The lowest BCUT2D eigenvalue weighted by molar-refractivity contribution is 0.155. The molecule has 2 aromatic carbocycles. The van der Waals surface area contributed by atoms with Gasteiger partial charge in [-0.3, -0.25) is 0 Å². The zero-order chi connectivity index (χ0) is 37.0. The van der Waals surface area contributed by atoms with Crippen molar-refractivity contribution >= 4 is 45.4 Å². The fourth-order valence-corrected chi connectivity index (χ4v) is 6.91. The van der Waals surface area contributed by atoms with E-state index in [1.54, 1.807) is 0 Å². The van der Waals surface area contributed by atoms with E-state index in [1.807, 2.05) is 64.1 Å². The maximum Gasteiger partial charge on any atom is 0.147 e. The SMILES string of the molecule is Cc1cc(C)c(C=C2N=C(c3cc4c(Oc5cccc6[nH]c(C7=NC(=Cc8[nH]c(C)cc8C)C(OC(C)C)=C7)cc56)cccc4[nH]3)C=C2OC(C)C)[nH]1. The number of rotatable bonds is 10. The van der Waals surface area contributed by atoms with E-state index in [1.165, 1.54) is 0 Å².